The summed E-state index contributed by atoms with van der Waals surface area (Å²) in [6.07, 6.45) is 0.943. The molecule has 0 radical (unpaired) electrons. The molecule has 120 valence electrons. The number of rotatable bonds is 8. The van der Waals surface area contributed by atoms with Gasteiger partial charge in [-0.25, -0.2) is 0 Å². The Balaban J connectivity index is 0.00000400. The largest absolute Gasteiger partial charge is 0.492 e. The number of nitrogens with one attached hydrogen (secondary N) is 2. The Morgan fingerprint density at radius 3 is 2.43 bits per heavy atom. The lowest BCUT2D eigenvalue weighted by Crippen LogP contribution is -2.39. The first-order chi connectivity index (χ1) is 9.76. The second-order valence-corrected chi connectivity index (χ2v) is 4.51. The van der Waals surface area contributed by atoms with Crippen molar-refractivity contribution in [2.24, 2.45) is 4.99 Å². The highest BCUT2D eigenvalue weighted by molar-refractivity contribution is 14.0. The van der Waals surface area contributed by atoms with Crippen LogP contribution in [-0.4, -0.2) is 46.4 Å². The lowest BCUT2D eigenvalue weighted by molar-refractivity contribution is 0.195. The van der Waals surface area contributed by atoms with Crippen molar-refractivity contribution >= 4 is 41.5 Å². The molecule has 1 aromatic rings. The van der Waals surface area contributed by atoms with Crippen LogP contribution < -0.4 is 15.4 Å². The summed E-state index contributed by atoms with van der Waals surface area (Å²) in [5.41, 5.74) is 0. The minimum absolute atomic E-state index is 0. The average Bonchev–Trinajstić information content (AvgIpc) is 2.47. The summed E-state index contributed by atoms with van der Waals surface area (Å²) in [7, 11) is 3.44. The quantitative estimate of drug-likeness (QED) is 0.290. The topological polar surface area (TPSA) is 54.9 Å². The predicted molar refractivity (Wildman–Crippen MR) is 98.2 cm³/mol. The molecule has 7 heteroatoms. The van der Waals surface area contributed by atoms with Gasteiger partial charge in [-0.15, -0.1) is 24.0 Å². The molecule has 0 fully saturated rings. The van der Waals surface area contributed by atoms with E-state index >= 15 is 0 Å². The average molecular weight is 428 g/mol. The van der Waals surface area contributed by atoms with E-state index in [1.165, 1.54) is 0 Å². The van der Waals surface area contributed by atoms with Gasteiger partial charge in [-0.1, -0.05) is 11.6 Å². The van der Waals surface area contributed by atoms with Crippen LogP contribution >= 0.6 is 35.6 Å². The fourth-order valence-electron chi connectivity index (χ4n) is 1.51. The van der Waals surface area contributed by atoms with E-state index in [2.05, 4.69) is 15.6 Å². The fraction of sp³-hybridized carbons (Fsp3) is 0.500. The molecular weight excluding hydrogens is 405 g/mol. The highest BCUT2D eigenvalue weighted by atomic mass is 127. The number of halogens is 2. The summed E-state index contributed by atoms with van der Waals surface area (Å²) in [5.74, 6) is 1.57. The molecule has 21 heavy (non-hydrogen) atoms. The second kappa shape index (κ2) is 13.0. The zero-order valence-corrected chi connectivity index (χ0v) is 15.5. The van der Waals surface area contributed by atoms with Crippen LogP contribution in [0.15, 0.2) is 29.3 Å². The number of hydrogen-bond acceptors (Lipinski definition) is 3. The van der Waals surface area contributed by atoms with E-state index in [1.807, 2.05) is 12.1 Å². The Hall–Kier alpha value is -0.730. The SMILES string of the molecule is CN=C(NCCCOC)NCCOc1ccc(Cl)cc1.I. The first kappa shape index (κ1) is 20.3. The maximum Gasteiger partial charge on any atom is 0.191 e. The molecule has 0 atom stereocenters. The molecule has 0 aliphatic carbocycles. The third-order valence-electron chi connectivity index (χ3n) is 2.52. The van der Waals surface area contributed by atoms with Gasteiger partial charge in [-0.2, -0.15) is 0 Å². The van der Waals surface area contributed by atoms with E-state index in [4.69, 9.17) is 21.1 Å². The summed E-state index contributed by atoms with van der Waals surface area (Å²) in [5, 5.41) is 7.08. The van der Waals surface area contributed by atoms with Crippen molar-refractivity contribution in [3.8, 4) is 5.75 Å². The normalized spacial score (nSPS) is 10.7. The van der Waals surface area contributed by atoms with Crippen molar-refractivity contribution in [2.45, 2.75) is 6.42 Å². The molecule has 0 spiro atoms. The maximum absolute atomic E-state index is 5.80. The molecule has 0 heterocycles. The number of guanidine groups is 1. The Kier molecular flexibility index (Phi) is 12.5. The van der Waals surface area contributed by atoms with Crippen LogP contribution in [0, 0.1) is 0 Å². The van der Waals surface area contributed by atoms with Gasteiger partial charge in [0.1, 0.15) is 12.4 Å². The summed E-state index contributed by atoms with van der Waals surface area (Å²) in [6, 6.07) is 7.31. The lowest BCUT2D eigenvalue weighted by atomic mass is 10.3. The summed E-state index contributed by atoms with van der Waals surface area (Å²) >= 11 is 5.80. The van der Waals surface area contributed by atoms with E-state index < -0.39 is 0 Å². The highest BCUT2D eigenvalue weighted by Crippen LogP contribution is 2.14. The van der Waals surface area contributed by atoms with E-state index in [9.17, 15) is 0 Å². The van der Waals surface area contributed by atoms with Gasteiger partial charge in [0.15, 0.2) is 5.96 Å². The van der Waals surface area contributed by atoms with Crippen molar-refractivity contribution in [1.29, 1.82) is 0 Å². The lowest BCUT2D eigenvalue weighted by Gasteiger charge is -2.12. The number of aliphatic imine (C=N–C) groups is 1. The van der Waals surface area contributed by atoms with Crippen LogP contribution in [0.25, 0.3) is 0 Å². The molecule has 0 aliphatic heterocycles. The van der Waals surface area contributed by atoms with Gasteiger partial charge in [-0.3, -0.25) is 4.99 Å². The molecule has 2 N–H and O–H groups in total. The van der Waals surface area contributed by atoms with E-state index in [0.717, 1.165) is 31.3 Å². The van der Waals surface area contributed by atoms with Gasteiger partial charge in [0.05, 0.1) is 6.54 Å². The molecular formula is C14H23ClIN3O2. The van der Waals surface area contributed by atoms with Crippen molar-refractivity contribution in [3.05, 3.63) is 29.3 Å². The third kappa shape index (κ3) is 9.76. The maximum atomic E-state index is 5.80. The molecule has 0 saturated heterocycles. The van der Waals surface area contributed by atoms with E-state index in [-0.39, 0.29) is 24.0 Å². The van der Waals surface area contributed by atoms with Gasteiger partial charge in [-0.05, 0) is 30.7 Å². The van der Waals surface area contributed by atoms with Gasteiger partial charge < -0.3 is 20.1 Å². The standard InChI is InChI=1S/C14H22ClN3O2.HI/c1-16-14(17-8-3-10-19-2)18-9-11-20-13-6-4-12(15)5-7-13;/h4-7H,3,8-11H2,1-2H3,(H2,16,17,18);1H. The highest BCUT2D eigenvalue weighted by Gasteiger charge is 1.97. The van der Waals surface area contributed by atoms with Crippen LogP contribution in [0.2, 0.25) is 5.02 Å². The number of ether oxygens (including phenoxy) is 2. The first-order valence-electron chi connectivity index (χ1n) is 6.58. The van der Waals surface area contributed by atoms with Crippen molar-refractivity contribution < 1.29 is 9.47 Å². The number of methoxy groups -OCH3 is 1. The second-order valence-electron chi connectivity index (χ2n) is 4.07. The summed E-state index contributed by atoms with van der Waals surface area (Å²) in [4.78, 5) is 4.12. The Bertz CT molecular complexity index is 402. The monoisotopic (exact) mass is 427 g/mol. The third-order valence-corrected chi connectivity index (χ3v) is 2.77. The number of benzene rings is 1. The van der Waals surface area contributed by atoms with Crippen molar-refractivity contribution in [3.63, 3.8) is 0 Å². The van der Waals surface area contributed by atoms with E-state index in [1.54, 1.807) is 26.3 Å². The minimum atomic E-state index is 0. The Morgan fingerprint density at radius 2 is 1.81 bits per heavy atom. The molecule has 0 amide bonds. The zero-order valence-electron chi connectivity index (χ0n) is 12.4. The van der Waals surface area contributed by atoms with Crippen LogP contribution in [0.4, 0.5) is 0 Å². The van der Waals surface area contributed by atoms with E-state index in [0.29, 0.717) is 18.2 Å². The fourth-order valence-corrected chi connectivity index (χ4v) is 1.64. The Labute approximate surface area is 148 Å². The van der Waals surface area contributed by atoms with Gasteiger partial charge in [0.2, 0.25) is 0 Å². The first-order valence-corrected chi connectivity index (χ1v) is 6.96. The van der Waals surface area contributed by atoms with Crippen LogP contribution in [0.1, 0.15) is 6.42 Å². The minimum Gasteiger partial charge on any atom is -0.492 e. The summed E-state index contributed by atoms with van der Waals surface area (Å²) in [6.45, 7) is 2.79. The molecule has 0 saturated carbocycles. The molecule has 0 aliphatic rings. The molecule has 1 rings (SSSR count). The van der Waals surface area contributed by atoms with Gasteiger partial charge in [0.25, 0.3) is 0 Å². The number of nitrogens with zero attached hydrogens (tertiary/aromatic N) is 1. The Morgan fingerprint density at radius 1 is 1.14 bits per heavy atom. The molecule has 1 aromatic carbocycles. The molecule has 0 bridgehead atoms. The molecule has 0 unspecified atom stereocenters. The van der Waals surface area contributed by atoms with Gasteiger partial charge >= 0.3 is 0 Å². The van der Waals surface area contributed by atoms with Crippen LogP contribution in [-0.2, 0) is 4.74 Å². The predicted octanol–water partition coefficient (Wildman–Crippen LogP) is 2.54. The van der Waals surface area contributed by atoms with Gasteiger partial charge in [0, 0.05) is 32.3 Å². The summed E-state index contributed by atoms with van der Waals surface area (Å²) < 4.78 is 10.6. The zero-order chi connectivity index (χ0) is 14.6. The van der Waals surface area contributed by atoms with Crippen molar-refractivity contribution in [1.82, 2.24) is 10.6 Å². The van der Waals surface area contributed by atoms with Crippen LogP contribution in [0.3, 0.4) is 0 Å². The molecule has 0 aromatic heterocycles. The number of hydrogen-bond donors (Lipinski definition) is 2. The smallest absolute Gasteiger partial charge is 0.191 e. The molecule has 5 nitrogen and oxygen atoms in total. The van der Waals surface area contributed by atoms with Crippen LogP contribution in [0.5, 0.6) is 5.75 Å². The van der Waals surface area contributed by atoms with Crippen molar-refractivity contribution in [2.75, 3.05) is 40.5 Å².